The summed E-state index contributed by atoms with van der Waals surface area (Å²) in [4.78, 5) is 11.5. The van der Waals surface area contributed by atoms with Gasteiger partial charge in [0.05, 0.1) is 10.4 Å². The van der Waals surface area contributed by atoms with Crippen LogP contribution >= 0.6 is 81.2 Å². The Kier molecular flexibility index (Phi) is 26.3. The van der Waals surface area contributed by atoms with Crippen LogP contribution in [-0.4, -0.2) is 115 Å². The van der Waals surface area contributed by atoms with Crippen molar-refractivity contribution in [2.45, 2.75) is 235 Å². The van der Waals surface area contributed by atoms with Crippen LogP contribution in [0.2, 0.25) is 10.0 Å². The first-order chi connectivity index (χ1) is 53.8. The third-order valence-electron chi connectivity index (χ3n) is 24.2. The minimum absolute atomic E-state index is 0.000755. The van der Waals surface area contributed by atoms with Crippen LogP contribution in [0.3, 0.4) is 0 Å². The third-order valence-corrected chi connectivity index (χ3v) is 26.7. The van der Waals surface area contributed by atoms with Crippen LogP contribution in [-0.2, 0) is 19.3 Å². The van der Waals surface area contributed by atoms with Crippen molar-refractivity contribution in [2.75, 3.05) is 86.6 Å². The zero-order chi connectivity index (χ0) is 84.9. The van der Waals surface area contributed by atoms with Crippen LogP contribution in [0.5, 0.6) is 28.7 Å². The topological polar surface area (TPSA) is 117 Å². The van der Waals surface area contributed by atoms with Crippen LogP contribution in [0, 0.1) is 25.5 Å². The minimum Gasteiger partial charge on any atom is -0.507 e. The molecule has 0 aromatic heterocycles. The lowest BCUT2D eigenvalue weighted by Crippen LogP contribution is -2.40. The van der Waals surface area contributed by atoms with Gasteiger partial charge in [0.2, 0.25) is 0 Å². The van der Waals surface area contributed by atoms with Crippen molar-refractivity contribution in [1.29, 1.82) is 0 Å². The second-order valence-corrected chi connectivity index (χ2v) is 39.6. The van der Waals surface area contributed by atoms with E-state index in [4.69, 9.17) is 81.2 Å². The van der Waals surface area contributed by atoms with E-state index in [9.17, 15) is 34.3 Å². The Balaban J connectivity index is 0.000000142. The number of hydrogen-bond donors (Lipinski definition) is 5. The normalized spacial score (nSPS) is 17.9. The molecule has 0 saturated heterocycles. The van der Waals surface area contributed by atoms with E-state index in [0.717, 1.165) is 113 Å². The Morgan fingerprint density at radius 3 is 0.913 bits per heavy atom. The molecule has 5 aliphatic heterocycles. The second-order valence-electron chi connectivity index (χ2n) is 37.2. The van der Waals surface area contributed by atoms with E-state index in [1.165, 1.54) is 72.3 Å². The van der Waals surface area contributed by atoms with Crippen LogP contribution in [0.25, 0.3) is 53.9 Å². The maximum Gasteiger partial charge on any atom is 0.134 e. The molecule has 10 aromatic carbocycles. The number of hydrogen-bond acceptors (Lipinski definition) is 10. The molecule has 5 aliphatic rings. The number of benzene rings is 10. The van der Waals surface area contributed by atoms with Gasteiger partial charge < -0.3 is 50.0 Å². The summed E-state index contributed by atoms with van der Waals surface area (Å²) in [5.41, 5.74) is 18.0. The summed E-state index contributed by atoms with van der Waals surface area (Å²) in [5, 5.41) is 62.5. The molecular formula is C96H118Cl7F2N5O5. The number of phenols is 5. The molecule has 0 aliphatic carbocycles. The first-order valence-electron chi connectivity index (χ1n) is 40.6. The zero-order valence-electron chi connectivity index (χ0n) is 71.2. The molecule has 0 bridgehead atoms. The van der Waals surface area contributed by atoms with Gasteiger partial charge in [0.1, 0.15) is 40.4 Å². The summed E-state index contributed by atoms with van der Waals surface area (Å²) in [6.45, 7) is 51.8. The fraction of sp³-hybridized carbons (Fsp3) is 0.479. The molecule has 5 heterocycles. The van der Waals surface area contributed by atoms with Crippen LogP contribution < -0.4 is 24.5 Å². The van der Waals surface area contributed by atoms with E-state index < -0.39 is 11.6 Å². The van der Waals surface area contributed by atoms with Crippen LogP contribution in [0.15, 0.2) is 91.0 Å². The van der Waals surface area contributed by atoms with E-state index in [1.807, 2.05) is 39.0 Å². The smallest absolute Gasteiger partial charge is 0.134 e. The molecule has 15 rings (SSSR count). The SMILES string of the molecule is CC(C)(C)N1C[C@@H](CCl)c2c1cc(O)c1c(Cl)ccc(Cl)c21.CC(C)(C)N1C[C@@H](CCl)c2c1cc(O)c1c(F)ccc(F)c21.CCc1ccc(C)c2c3c(cc(O)c12)N(C(C)(C)C)C[C@H]3CCl.CCc1ccc(CC)c2c3c(cc(O)c12)N(C(C)(C)C)C[C@H]3CCl.Cc1ccc(C(C)C)c2c(O)cc3c(c12)[C@H](CCl)CN3C(C)(C)C. The molecule has 0 radical (unpaired) electrons. The minimum atomic E-state index is -0.626. The second kappa shape index (κ2) is 33.9. The van der Waals surface area contributed by atoms with Gasteiger partial charge in [0.15, 0.2) is 0 Å². The maximum absolute atomic E-state index is 14.4. The molecule has 0 spiro atoms. The number of phenolic OH excluding ortho intramolecular Hbond substituents is 5. The molecule has 620 valence electrons. The maximum atomic E-state index is 14.4. The number of aromatic hydroxyl groups is 5. The number of alkyl halides is 5. The molecule has 0 unspecified atom stereocenters. The first-order valence-corrected chi connectivity index (χ1v) is 44.0. The number of anilines is 5. The quantitative estimate of drug-likeness (QED) is 0.0895. The Morgan fingerprint density at radius 1 is 0.330 bits per heavy atom. The van der Waals surface area contributed by atoms with Gasteiger partial charge in [-0.1, -0.05) is 94.2 Å². The number of aryl methyl sites for hydroxylation is 5. The molecule has 0 fully saturated rings. The van der Waals surface area contributed by atoms with Crippen molar-refractivity contribution in [3.05, 3.63) is 174 Å². The van der Waals surface area contributed by atoms with Gasteiger partial charge in [-0.05, 0) is 245 Å². The Morgan fingerprint density at radius 2 is 0.583 bits per heavy atom. The number of rotatable bonds is 9. The van der Waals surface area contributed by atoms with Crippen LogP contribution in [0.1, 0.15) is 235 Å². The number of fused-ring (bicyclic) bond motifs is 15. The highest BCUT2D eigenvalue weighted by molar-refractivity contribution is 6.41. The molecule has 19 heteroatoms. The molecule has 0 amide bonds. The molecular weight excluding hydrogens is 1590 g/mol. The van der Waals surface area contributed by atoms with Gasteiger partial charge in [-0.2, -0.15) is 0 Å². The standard InChI is InChI=1S/2C21H28ClNO.C20H26ClNO.C17H18Cl3NO.C17H18ClF2NO/c1-12(2)15-8-7-13(3)18-19-14(10-22)11-23(21(4,5)6)16(19)9-17(24)20(15)18;1-6-13-8-9-14(7-2)20-18-15(11-22)12-23(21(3,4)5)16(18)10-17(24)19(13)20;1-6-13-8-7-12(2)17-18-14(10-21)11-22(20(3,4)5)15(18)9-16(23)19(13)17;2*1-17(2,3)21-8-9(7-18)14-12(21)6-13(22)15-10(19)4-5-11(20)16(14)15/h7-9,12,14,24H,10-11H2,1-6H3;8-10,15,24H,6-7,11-12H2,1-5H3;7-9,14,23H,6,10-11H2,1-5H3;2*4-6,9,22H,7-8H2,1-3H3/t14-;15-;14-;2*9-/m11111/s1. The third kappa shape index (κ3) is 16.6. The predicted octanol–water partition coefficient (Wildman–Crippen LogP) is 27.4. The highest BCUT2D eigenvalue weighted by Crippen LogP contribution is 2.56. The molecule has 10 aromatic rings. The van der Waals surface area contributed by atoms with E-state index in [2.05, 4.69) is 192 Å². The highest BCUT2D eigenvalue weighted by Gasteiger charge is 2.43. The van der Waals surface area contributed by atoms with Crippen molar-refractivity contribution < 1.29 is 34.3 Å². The highest BCUT2D eigenvalue weighted by atomic mass is 35.5. The van der Waals surface area contributed by atoms with E-state index >= 15 is 0 Å². The summed E-state index contributed by atoms with van der Waals surface area (Å²) in [5.74, 6) is 3.92. The van der Waals surface area contributed by atoms with Crippen molar-refractivity contribution in [3.63, 3.8) is 0 Å². The molecule has 10 nitrogen and oxygen atoms in total. The van der Waals surface area contributed by atoms with Crippen molar-refractivity contribution in [1.82, 2.24) is 0 Å². The Bertz CT molecular complexity index is 5240. The predicted molar refractivity (Wildman–Crippen MR) is 492 cm³/mol. The average molecular weight is 1710 g/mol. The van der Waals surface area contributed by atoms with Crippen LogP contribution in [0.4, 0.5) is 37.2 Å². The van der Waals surface area contributed by atoms with E-state index in [1.54, 1.807) is 18.2 Å². The summed E-state index contributed by atoms with van der Waals surface area (Å²) in [7, 11) is 0. The summed E-state index contributed by atoms with van der Waals surface area (Å²) >= 11 is 44.1. The Hall–Kier alpha value is -6.61. The lowest BCUT2D eigenvalue weighted by Gasteiger charge is -2.35. The molecule has 0 saturated carbocycles. The van der Waals surface area contributed by atoms with E-state index in [0.29, 0.717) is 97.9 Å². The Labute approximate surface area is 716 Å². The summed E-state index contributed by atoms with van der Waals surface area (Å²) < 4.78 is 28.5. The van der Waals surface area contributed by atoms with Gasteiger partial charge in [0.25, 0.3) is 0 Å². The zero-order valence-corrected chi connectivity index (χ0v) is 76.5. The first kappa shape index (κ1) is 89.2. The summed E-state index contributed by atoms with van der Waals surface area (Å²) in [6.07, 6.45) is 2.79. The fourth-order valence-corrected chi connectivity index (χ4v) is 20.4. The average Bonchev–Trinajstić information content (AvgIpc) is 1.63. The lowest BCUT2D eigenvalue weighted by atomic mass is 9.87. The van der Waals surface area contributed by atoms with Crippen molar-refractivity contribution in [3.8, 4) is 28.7 Å². The lowest BCUT2D eigenvalue weighted by molar-refractivity contribution is 0.476. The largest absolute Gasteiger partial charge is 0.507 e. The van der Waals surface area contributed by atoms with E-state index in [-0.39, 0.29) is 61.8 Å². The number of halogens is 9. The van der Waals surface area contributed by atoms with Gasteiger partial charge in [0, 0.05) is 216 Å². The molecule has 5 N–H and O–H groups in total. The summed E-state index contributed by atoms with van der Waals surface area (Å²) in [6, 6.07) is 27.9. The number of nitrogens with zero attached hydrogens (tertiary/aromatic N) is 5. The molecule has 115 heavy (non-hydrogen) atoms. The van der Waals surface area contributed by atoms with Gasteiger partial charge in [-0.3, -0.25) is 0 Å². The fourth-order valence-electron chi connectivity index (χ4n) is 18.6. The monoisotopic (exact) mass is 1700 g/mol. The van der Waals surface area contributed by atoms with Gasteiger partial charge >= 0.3 is 0 Å². The van der Waals surface area contributed by atoms with Crippen molar-refractivity contribution >= 4 is 164 Å². The van der Waals surface area contributed by atoms with Crippen molar-refractivity contribution in [2.24, 2.45) is 0 Å². The van der Waals surface area contributed by atoms with Gasteiger partial charge in [-0.15, -0.1) is 58.0 Å². The molecule has 5 atom stereocenters. The van der Waals surface area contributed by atoms with Gasteiger partial charge in [-0.25, -0.2) is 8.78 Å².